The second kappa shape index (κ2) is 12.5. The molecule has 0 radical (unpaired) electrons. The van der Waals surface area contributed by atoms with Crippen LogP contribution in [0.4, 0.5) is 24.7 Å². The monoisotopic (exact) mass is 669 g/mol. The van der Waals surface area contributed by atoms with Crippen LogP contribution in [0.1, 0.15) is 31.7 Å². The summed E-state index contributed by atoms with van der Waals surface area (Å²) in [5.74, 6) is -0.455. The molecule has 0 unspecified atom stereocenters. The van der Waals surface area contributed by atoms with E-state index in [2.05, 4.69) is 35.4 Å². The fourth-order valence-corrected chi connectivity index (χ4v) is 7.41. The molecule has 2 N–H and O–H groups in total. The van der Waals surface area contributed by atoms with E-state index in [1.54, 1.807) is 24.4 Å². The predicted molar refractivity (Wildman–Crippen MR) is 180 cm³/mol. The standard InChI is InChI=1S/C36H34F3N7O3/c1-3-25-28(38)8-6-20-11-24(49-19-47-2)13-26(30(20)25)32-31(39)33-27(16-40-32)34(42-23-7-5-21-15-41-45-29(21)12-23)44-35(43-33)48-18-36-9-4-10-46(36)17-22(37)14-36/h5-8,11-13,15-16,22H,3-4,9-10,14,17-19H2,1-2H3,(H,41,45)(H,42,43,44)/t22-,36+/m1/s1. The zero-order chi connectivity index (χ0) is 33.7. The van der Waals surface area contributed by atoms with Crippen LogP contribution in [0, 0.1) is 11.6 Å². The van der Waals surface area contributed by atoms with Gasteiger partial charge in [0.15, 0.2) is 12.6 Å². The Labute approximate surface area is 279 Å². The van der Waals surface area contributed by atoms with Crippen LogP contribution >= 0.6 is 0 Å². The van der Waals surface area contributed by atoms with Crippen LogP contribution in [-0.2, 0) is 11.2 Å². The van der Waals surface area contributed by atoms with Crippen LogP contribution in [0.3, 0.4) is 0 Å². The molecule has 2 aliphatic rings. The van der Waals surface area contributed by atoms with Gasteiger partial charge in [0, 0.05) is 42.9 Å². The molecule has 3 aromatic carbocycles. The summed E-state index contributed by atoms with van der Waals surface area (Å²) < 4.78 is 63.7. The van der Waals surface area contributed by atoms with E-state index in [-0.39, 0.29) is 36.4 Å². The molecule has 5 heterocycles. The van der Waals surface area contributed by atoms with E-state index in [4.69, 9.17) is 14.2 Å². The first-order chi connectivity index (χ1) is 23.9. The van der Waals surface area contributed by atoms with Crippen molar-refractivity contribution in [3.63, 3.8) is 0 Å². The number of nitrogens with one attached hydrogen (secondary N) is 2. The molecule has 13 heteroatoms. The lowest BCUT2D eigenvalue weighted by molar-refractivity contribution is 0.0512. The number of benzene rings is 3. The van der Waals surface area contributed by atoms with Crippen molar-refractivity contribution in [1.29, 1.82) is 0 Å². The second-order valence-corrected chi connectivity index (χ2v) is 12.7. The molecule has 0 aliphatic carbocycles. The van der Waals surface area contributed by atoms with Gasteiger partial charge in [-0.3, -0.25) is 15.0 Å². The number of aryl methyl sites for hydroxylation is 1. The summed E-state index contributed by atoms with van der Waals surface area (Å²) >= 11 is 0. The van der Waals surface area contributed by atoms with Gasteiger partial charge in [0.1, 0.15) is 41.4 Å². The number of alkyl halides is 1. The van der Waals surface area contributed by atoms with E-state index in [0.29, 0.717) is 58.1 Å². The number of H-pyrrole nitrogens is 1. The normalized spacial score (nSPS) is 19.2. The number of hydrogen-bond donors (Lipinski definition) is 2. The average Bonchev–Trinajstić information content (AvgIpc) is 3.80. The van der Waals surface area contributed by atoms with Gasteiger partial charge in [-0.2, -0.15) is 15.1 Å². The molecular formula is C36H34F3N7O3. The number of fused-ring (bicyclic) bond motifs is 4. The van der Waals surface area contributed by atoms with Crippen molar-refractivity contribution in [2.75, 3.05) is 38.9 Å². The minimum Gasteiger partial charge on any atom is -0.468 e. The Kier molecular flexibility index (Phi) is 7.95. The zero-order valence-corrected chi connectivity index (χ0v) is 27.0. The van der Waals surface area contributed by atoms with Crippen LogP contribution in [0.5, 0.6) is 11.8 Å². The van der Waals surface area contributed by atoms with Gasteiger partial charge in [0.05, 0.1) is 22.6 Å². The summed E-state index contributed by atoms with van der Waals surface area (Å²) in [7, 11) is 1.50. The minimum absolute atomic E-state index is 0.0320. The first-order valence-corrected chi connectivity index (χ1v) is 16.3. The Balaban J connectivity index is 1.28. The number of nitrogens with zero attached hydrogens (tertiary/aromatic N) is 5. The number of aromatic nitrogens is 5. The number of methoxy groups -OCH3 is 1. The lowest BCUT2D eigenvalue weighted by atomic mass is 9.94. The van der Waals surface area contributed by atoms with Crippen LogP contribution in [0.2, 0.25) is 0 Å². The molecule has 8 rings (SSSR count). The van der Waals surface area contributed by atoms with Gasteiger partial charge in [-0.1, -0.05) is 13.0 Å². The van der Waals surface area contributed by atoms with Crippen molar-refractivity contribution < 1.29 is 27.4 Å². The van der Waals surface area contributed by atoms with Crippen molar-refractivity contribution in [2.24, 2.45) is 0 Å². The molecule has 0 bridgehead atoms. The van der Waals surface area contributed by atoms with Crippen LogP contribution in [-0.4, -0.2) is 75.4 Å². The molecule has 6 aromatic rings. The Morgan fingerprint density at radius 1 is 1.06 bits per heavy atom. The van der Waals surface area contributed by atoms with Crippen LogP contribution in [0.15, 0.2) is 54.9 Å². The molecule has 2 fully saturated rings. The molecule has 3 aromatic heterocycles. The first kappa shape index (κ1) is 31.3. The highest BCUT2D eigenvalue weighted by molar-refractivity contribution is 6.02. The van der Waals surface area contributed by atoms with Crippen molar-refractivity contribution in [3.05, 3.63) is 72.1 Å². The van der Waals surface area contributed by atoms with E-state index in [9.17, 15) is 4.39 Å². The molecule has 2 saturated heterocycles. The topological polar surface area (TPSA) is 110 Å². The summed E-state index contributed by atoms with van der Waals surface area (Å²) in [6.07, 6.45) is 4.76. The van der Waals surface area contributed by atoms with Gasteiger partial charge in [-0.05, 0) is 78.5 Å². The molecule has 252 valence electrons. The summed E-state index contributed by atoms with van der Waals surface area (Å²) in [6.45, 7) is 3.15. The van der Waals surface area contributed by atoms with Gasteiger partial charge < -0.3 is 19.5 Å². The number of anilines is 2. The Hall–Kier alpha value is -5.01. The molecule has 0 saturated carbocycles. The van der Waals surface area contributed by atoms with Crippen molar-refractivity contribution >= 4 is 44.1 Å². The van der Waals surface area contributed by atoms with E-state index in [1.807, 2.05) is 25.1 Å². The quantitative estimate of drug-likeness (QED) is 0.146. The zero-order valence-electron chi connectivity index (χ0n) is 27.0. The van der Waals surface area contributed by atoms with Gasteiger partial charge in [-0.15, -0.1) is 0 Å². The highest BCUT2D eigenvalue weighted by Gasteiger charge is 2.49. The lowest BCUT2D eigenvalue weighted by Crippen LogP contribution is -2.43. The molecule has 49 heavy (non-hydrogen) atoms. The SMILES string of the molecule is CCc1c(F)ccc2cc(OCOC)cc(-c3ncc4c(Nc5ccc6cn[nH]c6c5)nc(OC[C@@]56CCCN5C[C@H](F)C6)nc4c3F)c12. The third kappa shape index (κ3) is 5.56. The summed E-state index contributed by atoms with van der Waals surface area (Å²) in [6, 6.07) is 12.0. The Bertz CT molecular complexity index is 2210. The number of rotatable bonds is 10. The largest absolute Gasteiger partial charge is 0.468 e. The maximum atomic E-state index is 17.0. The second-order valence-electron chi connectivity index (χ2n) is 12.7. The lowest BCUT2D eigenvalue weighted by Gasteiger charge is -2.30. The van der Waals surface area contributed by atoms with Gasteiger partial charge in [0.25, 0.3) is 0 Å². The maximum Gasteiger partial charge on any atom is 0.319 e. The smallest absolute Gasteiger partial charge is 0.319 e. The Morgan fingerprint density at radius 3 is 2.80 bits per heavy atom. The number of hydrogen-bond acceptors (Lipinski definition) is 9. The summed E-state index contributed by atoms with van der Waals surface area (Å²) in [5, 5.41) is 12.7. The third-order valence-corrected chi connectivity index (χ3v) is 9.69. The van der Waals surface area contributed by atoms with Crippen molar-refractivity contribution in [1.82, 2.24) is 30.0 Å². The molecule has 0 amide bonds. The number of halogens is 3. The maximum absolute atomic E-state index is 17.0. The molecule has 0 spiro atoms. The summed E-state index contributed by atoms with van der Waals surface area (Å²) in [5.41, 5.74) is 1.71. The highest BCUT2D eigenvalue weighted by Crippen LogP contribution is 2.42. The number of ether oxygens (including phenoxy) is 3. The van der Waals surface area contributed by atoms with Crippen LogP contribution in [0.25, 0.3) is 43.8 Å². The molecule has 2 atom stereocenters. The fraction of sp³-hybridized carbons (Fsp3) is 0.333. The average molecular weight is 670 g/mol. The predicted octanol–water partition coefficient (Wildman–Crippen LogP) is 7.24. The third-order valence-electron chi connectivity index (χ3n) is 9.69. The minimum atomic E-state index is -0.932. The highest BCUT2D eigenvalue weighted by atomic mass is 19.1. The van der Waals surface area contributed by atoms with E-state index in [1.165, 1.54) is 19.4 Å². The molecule has 2 aliphatic heterocycles. The van der Waals surface area contributed by atoms with Gasteiger partial charge >= 0.3 is 6.01 Å². The number of pyridine rings is 1. The van der Waals surface area contributed by atoms with Crippen LogP contribution < -0.4 is 14.8 Å². The molecule has 10 nitrogen and oxygen atoms in total. The van der Waals surface area contributed by atoms with Gasteiger partial charge in [-0.25, -0.2) is 13.2 Å². The number of aromatic amines is 1. The Morgan fingerprint density at radius 2 is 1.94 bits per heavy atom. The van der Waals surface area contributed by atoms with Crippen molar-refractivity contribution in [3.8, 4) is 23.0 Å². The first-order valence-electron chi connectivity index (χ1n) is 16.3. The molecular weight excluding hydrogens is 635 g/mol. The fourth-order valence-electron chi connectivity index (χ4n) is 7.41. The summed E-state index contributed by atoms with van der Waals surface area (Å²) in [4.78, 5) is 15.9. The van der Waals surface area contributed by atoms with E-state index >= 15 is 8.78 Å². The van der Waals surface area contributed by atoms with E-state index < -0.39 is 23.3 Å². The van der Waals surface area contributed by atoms with Crippen molar-refractivity contribution in [2.45, 2.75) is 44.3 Å². The van der Waals surface area contributed by atoms with Gasteiger partial charge in [0.2, 0.25) is 0 Å². The van der Waals surface area contributed by atoms with E-state index in [0.717, 1.165) is 30.3 Å².